The van der Waals surface area contributed by atoms with Crippen LogP contribution in [0.25, 0.3) is 10.9 Å². The molecule has 0 saturated carbocycles. The summed E-state index contributed by atoms with van der Waals surface area (Å²) in [6, 6.07) is 4.94. The molecular weight excluding hydrogens is 510 g/mol. The van der Waals surface area contributed by atoms with Crippen LogP contribution in [0.2, 0.25) is 0 Å². The number of pyridine rings is 1. The number of carbonyl (C=O) groups is 1. The van der Waals surface area contributed by atoms with E-state index in [9.17, 15) is 22.5 Å². The van der Waals surface area contributed by atoms with E-state index in [-0.39, 0.29) is 30.9 Å². The number of para-hydroxylation sites is 1. The van der Waals surface area contributed by atoms with Crippen molar-refractivity contribution >= 4 is 35.2 Å². The summed E-state index contributed by atoms with van der Waals surface area (Å²) in [6.45, 7) is 3.75. The van der Waals surface area contributed by atoms with E-state index in [1.165, 1.54) is 19.2 Å². The van der Waals surface area contributed by atoms with E-state index in [4.69, 9.17) is 9.47 Å². The molecule has 5 rings (SSSR count). The monoisotopic (exact) mass is 535 g/mol. The third-order valence-electron chi connectivity index (χ3n) is 6.60. The molecule has 0 aliphatic carbocycles. The van der Waals surface area contributed by atoms with Gasteiger partial charge in [-0.3, -0.25) is 9.78 Å². The number of rotatable bonds is 1. The molecular formula is C24H25F3N5O4P. The summed E-state index contributed by atoms with van der Waals surface area (Å²) < 4.78 is 66.0. The summed E-state index contributed by atoms with van der Waals surface area (Å²) in [5.41, 5.74) is 0.274. The van der Waals surface area contributed by atoms with Crippen LogP contribution in [-0.4, -0.2) is 64.4 Å². The third-order valence-corrected chi connectivity index (χ3v) is 9.53. The maximum Gasteiger partial charge on any atom is 0.419 e. The Morgan fingerprint density at radius 3 is 2.59 bits per heavy atom. The van der Waals surface area contributed by atoms with Crippen LogP contribution in [0.4, 0.5) is 19.0 Å². The maximum absolute atomic E-state index is 13.7. The quantitative estimate of drug-likeness (QED) is 0.469. The molecule has 196 valence electrons. The summed E-state index contributed by atoms with van der Waals surface area (Å²) in [4.78, 5) is 26.6. The minimum absolute atomic E-state index is 0.0174. The number of nitrogens with zero attached hydrogens (tertiary/aromatic N) is 4. The largest absolute Gasteiger partial charge is 0.489 e. The first-order valence-electron chi connectivity index (χ1n) is 11.8. The van der Waals surface area contributed by atoms with Crippen LogP contribution in [0.1, 0.15) is 31.0 Å². The molecule has 2 aliphatic heterocycles. The molecule has 4 heterocycles. The smallest absolute Gasteiger partial charge is 0.419 e. The van der Waals surface area contributed by atoms with Crippen LogP contribution < -0.4 is 20.2 Å². The molecule has 13 heteroatoms. The molecule has 2 aliphatic rings. The molecule has 0 unspecified atom stereocenters. The normalized spacial score (nSPS) is 19.6. The number of nitrogens with one attached hydrogen (secondary N) is 1. The van der Waals surface area contributed by atoms with Gasteiger partial charge in [0, 0.05) is 43.3 Å². The number of amides is 1. The average Bonchev–Trinajstić information content (AvgIpc) is 2.87. The Morgan fingerprint density at radius 2 is 1.89 bits per heavy atom. The van der Waals surface area contributed by atoms with E-state index in [1.807, 2.05) is 0 Å². The summed E-state index contributed by atoms with van der Waals surface area (Å²) in [5, 5.41) is 3.69. The zero-order valence-electron chi connectivity index (χ0n) is 20.2. The van der Waals surface area contributed by atoms with E-state index in [2.05, 4.69) is 20.3 Å². The van der Waals surface area contributed by atoms with Crippen molar-refractivity contribution in [2.45, 2.75) is 26.1 Å². The van der Waals surface area contributed by atoms with Gasteiger partial charge >= 0.3 is 12.2 Å². The minimum Gasteiger partial charge on any atom is -0.489 e. The molecule has 1 amide bonds. The molecule has 1 saturated heterocycles. The highest BCUT2D eigenvalue weighted by atomic mass is 31.2. The average molecular weight is 535 g/mol. The van der Waals surface area contributed by atoms with Gasteiger partial charge in [-0.15, -0.1) is 0 Å². The second-order valence-corrected chi connectivity index (χ2v) is 12.2. The lowest BCUT2D eigenvalue weighted by Gasteiger charge is -2.31. The number of benzene rings is 1. The topological polar surface area (TPSA) is 107 Å². The van der Waals surface area contributed by atoms with Crippen molar-refractivity contribution in [3.63, 3.8) is 0 Å². The van der Waals surface area contributed by atoms with Crippen LogP contribution in [0, 0.1) is 0 Å². The van der Waals surface area contributed by atoms with Crippen LogP contribution >= 0.6 is 7.14 Å². The molecule has 1 atom stereocenters. The molecule has 1 fully saturated rings. The van der Waals surface area contributed by atoms with E-state index in [1.54, 1.807) is 24.0 Å². The fraction of sp³-hybridized carbons (Fsp3) is 0.417. The Labute approximate surface area is 210 Å². The van der Waals surface area contributed by atoms with Gasteiger partial charge in [0.2, 0.25) is 5.91 Å². The van der Waals surface area contributed by atoms with Gasteiger partial charge in [-0.25, -0.2) is 0 Å². The molecule has 37 heavy (non-hydrogen) atoms. The Hall–Kier alpha value is -3.40. The van der Waals surface area contributed by atoms with Gasteiger partial charge in [0.05, 0.1) is 23.3 Å². The van der Waals surface area contributed by atoms with Gasteiger partial charge in [-0.1, -0.05) is 12.1 Å². The SMILES string of the molecule is CC(=O)N1CCP(=O)(c2cc3c4nc(nc3cn2)OCCOc2c(cccc2C(F)(F)F)[C@@H](C)N4)CC1. The first-order chi connectivity index (χ1) is 17.5. The lowest BCUT2D eigenvalue weighted by molar-refractivity contribution is -0.139. The zero-order chi connectivity index (χ0) is 26.4. The number of anilines is 1. The predicted molar refractivity (Wildman–Crippen MR) is 131 cm³/mol. The maximum atomic E-state index is 13.7. The number of fused-ring (bicyclic) bond motifs is 5. The first kappa shape index (κ1) is 25.3. The van der Waals surface area contributed by atoms with Crippen molar-refractivity contribution in [3.05, 3.63) is 41.6 Å². The van der Waals surface area contributed by atoms with Gasteiger partial charge < -0.3 is 24.3 Å². The van der Waals surface area contributed by atoms with Crippen LogP contribution in [0.3, 0.4) is 0 Å². The number of ether oxygens (including phenoxy) is 2. The fourth-order valence-electron chi connectivity index (χ4n) is 4.57. The molecule has 1 N–H and O–H groups in total. The van der Waals surface area contributed by atoms with E-state index in [0.717, 1.165) is 6.07 Å². The Bertz CT molecular complexity index is 1410. The number of hydrogen-bond acceptors (Lipinski definition) is 8. The number of carbonyl (C=O) groups excluding carboxylic acids is 1. The number of halogens is 3. The standard InChI is InChI=1S/C24H25F3N5O4P/c1-14-16-4-3-5-18(24(25,26)27)21(16)35-8-9-36-23-30-19-13-28-20(12-17(19)22(29-14)31-23)37(34)10-6-32(7-11-37)15(2)33/h3-5,12-14H,6-11H2,1-2H3,(H,29,30,31)/t14-/m1/s1. The van der Waals surface area contributed by atoms with Crippen LogP contribution in [0.15, 0.2) is 30.5 Å². The van der Waals surface area contributed by atoms with Crippen molar-refractivity contribution in [2.24, 2.45) is 0 Å². The summed E-state index contributed by atoms with van der Waals surface area (Å²) in [5.74, 6) is -0.0142. The lowest BCUT2D eigenvalue weighted by Crippen LogP contribution is -2.40. The van der Waals surface area contributed by atoms with Crippen LogP contribution in [0.5, 0.6) is 11.8 Å². The molecule has 2 aromatic heterocycles. The zero-order valence-corrected chi connectivity index (χ0v) is 21.1. The molecule has 3 aromatic rings. The van der Waals surface area contributed by atoms with Crippen LogP contribution in [-0.2, 0) is 15.5 Å². The summed E-state index contributed by atoms with van der Waals surface area (Å²) >= 11 is 0. The highest BCUT2D eigenvalue weighted by Gasteiger charge is 2.37. The fourth-order valence-corrected chi connectivity index (χ4v) is 7.01. The van der Waals surface area contributed by atoms with Crippen molar-refractivity contribution in [3.8, 4) is 11.8 Å². The first-order valence-corrected chi connectivity index (χ1v) is 13.9. The van der Waals surface area contributed by atoms with Crippen molar-refractivity contribution in [1.82, 2.24) is 19.9 Å². The van der Waals surface area contributed by atoms with E-state index >= 15 is 0 Å². The summed E-state index contributed by atoms with van der Waals surface area (Å²) in [7, 11) is -2.87. The molecule has 1 aromatic carbocycles. The molecule has 9 nitrogen and oxygen atoms in total. The van der Waals surface area contributed by atoms with E-state index < -0.39 is 24.9 Å². The molecule has 0 spiro atoms. The minimum atomic E-state index is -4.60. The van der Waals surface area contributed by atoms with Crippen molar-refractivity contribution in [2.75, 3.05) is 43.9 Å². The van der Waals surface area contributed by atoms with Gasteiger partial charge in [0.1, 0.15) is 37.4 Å². The van der Waals surface area contributed by atoms with Gasteiger partial charge in [0.25, 0.3) is 0 Å². The van der Waals surface area contributed by atoms with Gasteiger partial charge in [0.15, 0.2) is 0 Å². The predicted octanol–water partition coefficient (Wildman–Crippen LogP) is 3.84. The van der Waals surface area contributed by atoms with Gasteiger partial charge in [-0.05, 0) is 19.1 Å². The third kappa shape index (κ3) is 4.94. The second kappa shape index (κ2) is 9.48. The molecule has 2 bridgehead atoms. The van der Waals surface area contributed by atoms with E-state index in [0.29, 0.717) is 53.1 Å². The van der Waals surface area contributed by atoms with Gasteiger partial charge in [-0.2, -0.15) is 23.1 Å². The Kier molecular flexibility index (Phi) is 6.47. The van der Waals surface area contributed by atoms with Crippen molar-refractivity contribution < 1.29 is 32.0 Å². The number of aromatic nitrogens is 3. The number of hydrogen-bond donors (Lipinski definition) is 1. The highest BCUT2D eigenvalue weighted by Crippen LogP contribution is 2.46. The Morgan fingerprint density at radius 1 is 1.16 bits per heavy atom. The summed E-state index contributed by atoms with van der Waals surface area (Å²) in [6.07, 6.45) is -2.47. The lowest BCUT2D eigenvalue weighted by atomic mass is 10.0. The molecule has 0 radical (unpaired) electrons. The van der Waals surface area contributed by atoms with Crippen molar-refractivity contribution in [1.29, 1.82) is 0 Å². The highest BCUT2D eigenvalue weighted by molar-refractivity contribution is 7.71. The second-order valence-electron chi connectivity index (χ2n) is 9.04. The number of alkyl halides is 3. The Balaban J connectivity index is 1.56.